The summed E-state index contributed by atoms with van der Waals surface area (Å²) in [5, 5.41) is 7.38. The van der Waals surface area contributed by atoms with E-state index in [1.54, 1.807) is 54.5 Å². The summed E-state index contributed by atoms with van der Waals surface area (Å²) < 4.78 is 50.7. The quantitative estimate of drug-likeness (QED) is 0.205. The number of para-hydroxylation sites is 1. The van der Waals surface area contributed by atoms with Gasteiger partial charge in [0.2, 0.25) is 16.0 Å². The number of nitrogens with one attached hydrogen (secondary N) is 1. The number of nitrogens with zero attached hydrogens (tertiary/aromatic N) is 6. The van der Waals surface area contributed by atoms with E-state index in [4.69, 9.17) is 13.9 Å². The van der Waals surface area contributed by atoms with Gasteiger partial charge in [-0.2, -0.15) is 0 Å². The predicted octanol–water partition coefficient (Wildman–Crippen LogP) is 5.65. The SMILES string of the molecule is COc1cccc(OC)c1-n1c(NS(=O)(=O)[C@H](C)[C@@H](O[Si](C)(C)C(C)(C)C)c2ncc(C)cn2)nnc1-c1cncc(C)c1. The summed E-state index contributed by atoms with van der Waals surface area (Å²) in [7, 11) is -3.62. The van der Waals surface area contributed by atoms with E-state index in [2.05, 4.69) is 63.7 Å². The zero-order valence-electron chi connectivity index (χ0n) is 26.9. The highest BCUT2D eigenvalue weighted by Crippen LogP contribution is 2.42. The zero-order valence-corrected chi connectivity index (χ0v) is 28.7. The van der Waals surface area contributed by atoms with Gasteiger partial charge in [-0.3, -0.25) is 14.3 Å². The normalized spacial score (nSPS) is 13.8. The van der Waals surface area contributed by atoms with Gasteiger partial charge in [0, 0.05) is 30.4 Å². The number of benzene rings is 1. The van der Waals surface area contributed by atoms with Crippen molar-refractivity contribution >= 4 is 24.3 Å². The molecule has 3 heterocycles. The van der Waals surface area contributed by atoms with Crippen molar-refractivity contribution in [2.24, 2.45) is 0 Å². The number of methoxy groups -OCH3 is 2. The first-order valence-corrected chi connectivity index (χ1v) is 18.6. The number of sulfonamides is 1. The number of anilines is 1. The number of aryl methyl sites for hydroxylation is 2. The maximum absolute atomic E-state index is 14.2. The molecule has 236 valence electrons. The summed E-state index contributed by atoms with van der Waals surface area (Å²) in [5.74, 6) is 1.41. The maximum atomic E-state index is 14.2. The van der Waals surface area contributed by atoms with Crippen molar-refractivity contribution in [2.75, 3.05) is 18.9 Å². The first-order valence-electron chi connectivity index (χ1n) is 14.2. The predicted molar refractivity (Wildman–Crippen MR) is 172 cm³/mol. The molecule has 0 spiro atoms. The molecule has 2 atom stereocenters. The second-order valence-electron chi connectivity index (χ2n) is 12.2. The standard InChI is InChI=1S/C30H41N7O5SSi/c1-19-14-22(18-31-15-19)28-34-35-29(37(28)25-23(40-7)12-11-13-24(25)41-8)36-43(38,39)21(3)26(27-32-16-20(2)17-33-27)42-44(9,10)30(4,5)6/h11-18,21,26H,1-10H3,(H,35,36)/t21-,26-/m1/s1. The fourth-order valence-electron chi connectivity index (χ4n) is 4.26. The van der Waals surface area contributed by atoms with Crippen LogP contribution in [0.3, 0.4) is 0 Å². The van der Waals surface area contributed by atoms with Crippen molar-refractivity contribution in [2.45, 2.75) is 71.0 Å². The molecule has 0 aliphatic rings. The molecule has 0 saturated carbocycles. The second-order valence-corrected chi connectivity index (χ2v) is 19.0. The third-order valence-corrected chi connectivity index (χ3v) is 14.0. The molecule has 0 radical (unpaired) electrons. The molecule has 0 fully saturated rings. The average molecular weight is 640 g/mol. The van der Waals surface area contributed by atoms with Crippen molar-refractivity contribution in [1.29, 1.82) is 0 Å². The lowest BCUT2D eigenvalue weighted by Gasteiger charge is -2.40. The van der Waals surface area contributed by atoms with Crippen molar-refractivity contribution in [1.82, 2.24) is 29.7 Å². The van der Waals surface area contributed by atoms with E-state index in [-0.39, 0.29) is 16.8 Å². The molecule has 4 aromatic rings. The number of hydrogen-bond acceptors (Lipinski definition) is 10. The van der Waals surface area contributed by atoms with E-state index in [1.807, 2.05) is 19.9 Å². The molecule has 4 rings (SSSR count). The van der Waals surface area contributed by atoms with Crippen LogP contribution in [0.4, 0.5) is 5.95 Å². The Morgan fingerprint density at radius 2 is 1.55 bits per heavy atom. The van der Waals surface area contributed by atoms with Crippen LogP contribution < -0.4 is 14.2 Å². The average Bonchev–Trinajstić information content (AvgIpc) is 3.37. The Balaban J connectivity index is 1.86. The third-order valence-electron chi connectivity index (χ3n) is 7.85. The second kappa shape index (κ2) is 12.6. The summed E-state index contributed by atoms with van der Waals surface area (Å²) in [4.78, 5) is 13.2. The minimum Gasteiger partial charge on any atom is -0.494 e. The topological polar surface area (TPSA) is 143 Å². The molecule has 0 saturated heterocycles. The van der Waals surface area contributed by atoms with Gasteiger partial charge in [0.1, 0.15) is 28.5 Å². The van der Waals surface area contributed by atoms with Crippen molar-refractivity contribution in [3.05, 3.63) is 66.0 Å². The van der Waals surface area contributed by atoms with Crippen molar-refractivity contribution in [3.8, 4) is 28.6 Å². The number of aromatic nitrogens is 6. The van der Waals surface area contributed by atoms with Gasteiger partial charge in [-0.1, -0.05) is 26.8 Å². The Morgan fingerprint density at radius 1 is 0.932 bits per heavy atom. The van der Waals surface area contributed by atoms with Crippen LogP contribution in [0.1, 0.15) is 50.8 Å². The number of hydrogen-bond donors (Lipinski definition) is 1. The van der Waals surface area contributed by atoms with Crippen LogP contribution in [0.5, 0.6) is 11.5 Å². The molecule has 14 heteroatoms. The van der Waals surface area contributed by atoms with Crippen LogP contribution in [-0.2, 0) is 14.4 Å². The molecule has 1 N–H and O–H groups in total. The van der Waals surface area contributed by atoms with Crippen molar-refractivity contribution in [3.63, 3.8) is 0 Å². The van der Waals surface area contributed by atoms with E-state index in [0.29, 0.717) is 28.6 Å². The van der Waals surface area contributed by atoms with Crippen molar-refractivity contribution < 1.29 is 22.3 Å². The highest BCUT2D eigenvalue weighted by Gasteiger charge is 2.44. The lowest BCUT2D eigenvalue weighted by Crippen LogP contribution is -2.45. The molecule has 0 amide bonds. The summed E-state index contributed by atoms with van der Waals surface area (Å²) in [5.41, 5.74) is 2.78. The summed E-state index contributed by atoms with van der Waals surface area (Å²) >= 11 is 0. The Bertz CT molecular complexity index is 1700. The molecule has 0 aliphatic carbocycles. The molecule has 0 unspecified atom stereocenters. The lowest BCUT2D eigenvalue weighted by molar-refractivity contribution is 0.172. The Hall–Kier alpha value is -3.88. The van der Waals surface area contributed by atoms with E-state index in [9.17, 15) is 8.42 Å². The Labute approximate surface area is 260 Å². The van der Waals surface area contributed by atoms with Crippen LogP contribution in [0, 0.1) is 13.8 Å². The minimum absolute atomic E-state index is 0.0629. The molecule has 3 aromatic heterocycles. The van der Waals surface area contributed by atoms with Gasteiger partial charge >= 0.3 is 0 Å². The molecule has 44 heavy (non-hydrogen) atoms. The number of ether oxygens (including phenoxy) is 2. The van der Waals surface area contributed by atoms with E-state index in [0.717, 1.165) is 11.1 Å². The van der Waals surface area contributed by atoms with Gasteiger partial charge in [0.05, 0.1) is 14.2 Å². The van der Waals surface area contributed by atoms with Gasteiger partial charge in [-0.05, 0) is 68.2 Å². The summed E-state index contributed by atoms with van der Waals surface area (Å²) in [6.07, 6.45) is 5.71. The largest absolute Gasteiger partial charge is 0.494 e. The molecule has 0 aliphatic heterocycles. The Kier molecular flexibility index (Phi) is 9.47. The zero-order chi connectivity index (χ0) is 32.4. The summed E-state index contributed by atoms with van der Waals surface area (Å²) in [6, 6.07) is 7.15. The lowest BCUT2D eigenvalue weighted by atomic mass is 10.2. The van der Waals surface area contributed by atoms with Gasteiger partial charge < -0.3 is 13.9 Å². The monoisotopic (exact) mass is 639 g/mol. The maximum Gasteiger partial charge on any atom is 0.243 e. The van der Waals surface area contributed by atoms with E-state index in [1.165, 1.54) is 14.2 Å². The third kappa shape index (κ3) is 6.76. The first kappa shape index (κ1) is 33.0. The fourth-order valence-corrected chi connectivity index (χ4v) is 6.74. The molecule has 0 bridgehead atoms. The number of rotatable bonds is 11. The van der Waals surface area contributed by atoms with Crippen LogP contribution in [-0.4, -0.2) is 65.9 Å². The van der Waals surface area contributed by atoms with Crippen LogP contribution in [0.25, 0.3) is 17.1 Å². The molecule has 1 aromatic carbocycles. The van der Waals surface area contributed by atoms with Crippen LogP contribution >= 0.6 is 0 Å². The van der Waals surface area contributed by atoms with Crippen LogP contribution in [0.15, 0.2) is 49.1 Å². The highest BCUT2D eigenvalue weighted by atomic mass is 32.2. The Morgan fingerprint density at radius 3 is 2.09 bits per heavy atom. The molecular weight excluding hydrogens is 599 g/mol. The van der Waals surface area contributed by atoms with Crippen LogP contribution in [0.2, 0.25) is 18.1 Å². The van der Waals surface area contributed by atoms with Gasteiger partial charge in [-0.15, -0.1) is 10.2 Å². The minimum atomic E-state index is -4.19. The highest BCUT2D eigenvalue weighted by molar-refractivity contribution is 7.93. The molecular formula is C30H41N7O5SSi. The van der Waals surface area contributed by atoms with Gasteiger partial charge in [0.15, 0.2) is 20.0 Å². The van der Waals surface area contributed by atoms with E-state index < -0.39 is 29.7 Å². The fraction of sp³-hybridized carbons (Fsp3) is 0.433. The van der Waals surface area contributed by atoms with Gasteiger partial charge in [0.25, 0.3) is 0 Å². The van der Waals surface area contributed by atoms with Gasteiger partial charge in [-0.25, -0.2) is 18.4 Å². The first-order chi connectivity index (χ1) is 20.6. The smallest absolute Gasteiger partial charge is 0.243 e. The summed E-state index contributed by atoms with van der Waals surface area (Å²) in [6.45, 7) is 15.8. The van der Waals surface area contributed by atoms with E-state index >= 15 is 0 Å². The number of pyridine rings is 1. The molecule has 12 nitrogen and oxygen atoms in total.